The predicted molar refractivity (Wildman–Crippen MR) is 53.9 cm³/mol. The Morgan fingerprint density at radius 3 is 2.81 bits per heavy atom. The SMILES string of the molecule is CC(O)C(C)c1nc(C2COCCO2)no1. The fourth-order valence-electron chi connectivity index (χ4n) is 1.41. The van der Waals surface area contributed by atoms with Crippen LogP contribution in [0.3, 0.4) is 0 Å². The molecule has 1 saturated heterocycles. The Kier molecular flexibility index (Phi) is 3.52. The van der Waals surface area contributed by atoms with Crippen LogP contribution in [0.15, 0.2) is 4.52 Å². The molecule has 1 aliphatic heterocycles. The van der Waals surface area contributed by atoms with E-state index in [4.69, 9.17) is 14.0 Å². The van der Waals surface area contributed by atoms with Gasteiger partial charge in [0.2, 0.25) is 11.7 Å². The smallest absolute Gasteiger partial charge is 0.232 e. The molecule has 0 bridgehead atoms. The molecule has 3 unspecified atom stereocenters. The van der Waals surface area contributed by atoms with E-state index in [1.807, 2.05) is 6.92 Å². The Morgan fingerprint density at radius 2 is 2.19 bits per heavy atom. The zero-order valence-electron chi connectivity index (χ0n) is 9.42. The van der Waals surface area contributed by atoms with Crippen LogP contribution in [0.1, 0.15) is 37.6 Å². The molecular formula is C10H16N2O4. The van der Waals surface area contributed by atoms with E-state index < -0.39 is 6.10 Å². The van der Waals surface area contributed by atoms with Crippen molar-refractivity contribution in [3.8, 4) is 0 Å². The van der Waals surface area contributed by atoms with Crippen molar-refractivity contribution in [3.05, 3.63) is 11.7 Å². The van der Waals surface area contributed by atoms with Crippen LogP contribution < -0.4 is 0 Å². The second kappa shape index (κ2) is 4.90. The number of rotatable bonds is 3. The first-order valence-electron chi connectivity index (χ1n) is 5.39. The van der Waals surface area contributed by atoms with Gasteiger partial charge in [0.25, 0.3) is 0 Å². The van der Waals surface area contributed by atoms with Gasteiger partial charge in [-0.2, -0.15) is 4.98 Å². The average molecular weight is 228 g/mol. The molecule has 16 heavy (non-hydrogen) atoms. The lowest BCUT2D eigenvalue weighted by Gasteiger charge is -2.19. The highest BCUT2D eigenvalue weighted by Gasteiger charge is 2.25. The Hall–Kier alpha value is -0.980. The number of aromatic nitrogens is 2. The van der Waals surface area contributed by atoms with Crippen molar-refractivity contribution < 1.29 is 19.1 Å². The highest BCUT2D eigenvalue weighted by Crippen LogP contribution is 2.22. The zero-order chi connectivity index (χ0) is 11.5. The molecule has 0 saturated carbocycles. The Labute approximate surface area is 93.6 Å². The molecule has 3 atom stereocenters. The van der Waals surface area contributed by atoms with Crippen LogP contribution in [-0.2, 0) is 9.47 Å². The molecule has 1 aromatic rings. The van der Waals surface area contributed by atoms with Crippen LogP contribution in [0, 0.1) is 0 Å². The van der Waals surface area contributed by atoms with Crippen LogP contribution in [0.4, 0.5) is 0 Å². The van der Waals surface area contributed by atoms with E-state index in [1.54, 1.807) is 6.92 Å². The lowest BCUT2D eigenvalue weighted by molar-refractivity contribution is -0.0941. The fourth-order valence-corrected chi connectivity index (χ4v) is 1.41. The molecule has 1 N–H and O–H groups in total. The summed E-state index contributed by atoms with van der Waals surface area (Å²) in [6.45, 7) is 5.11. The number of nitrogens with zero attached hydrogens (tertiary/aromatic N) is 2. The highest BCUT2D eigenvalue weighted by atomic mass is 16.6. The third kappa shape index (κ3) is 2.40. The summed E-state index contributed by atoms with van der Waals surface area (Å²) >= 11 is 0. The van der Waals surface area contributed by atoms with Crippen LogP contribution >= 0.6 is 0 Å². The van der Waals surface area contributed by atoms with Crippen molar-refractivity contribution in [2.45, 2.75) is 32.0 Å². The van der Waals surface area contributed by atoms with Crippen LogP contribution in [0.2, 0.25) is 0 Å². The first-order valence-corrected chi connectivity index (χ1v) is 5.39. The van der Waals surface area contributed by atoms with Crippen LogP contribution in [0.5, 0.6) is 0 Å². The van der Waals surface area contributed by atoms with Gasteiger partial charge >= 0.3 is 0 Å². The monoisotopic (exact) mass is 228 g/mol. The standard InChI is InChI=1S/C10H16N2O4/c1-6(7(2)13)10-11-9(12-16-10)8-5-14-3-4-15-8/h6-8,13H,3-5H2,1-2H3. The molecule has 0 aromatic carbocycles. The van der Waals surface area contributed by atoms with E-state index in [2.05, 4.69) is 10.1 Å². The summed E-state index contributed by atoms with van der Waals surface area (Å²) in [5, 5.41) is 13.3. The first kappa shape index (κ1) is 11.5. The maximum Gasteiger partial charge on any atom is 0.232 e. The van der Waals surface area contributed by atoms with Gasteiger partial charge in [0, 0.05) is 0 Å². The van der Waals surface area contributed by atoms with E-state index in [9.17, 15) is 5.11 Å². The van der Waals surface area contributed by atoms with E-state index >= 15 is 0 Å². The van der Waals surface area contributed by atoms with Gasteiger partial charge in [0.15, 0.2) is 0 Å². The van der Waals surface area contributed by atoms with Gasteiger partial charge in [-0.25, -0.2) is 0 Å². The minimum absolute atomic E-state index is 0.175. The number of ether oxygens (including phenoxy) is 2. The summed E-state index contributed by atoms with van der Waals surface area (Å²) in [5.74, 6) is 0.743. The van der Waals surface area contributed by atoms with Crippen molar-refractivity contribution >= 4 is 0 Å². The molecule has 1 aromatic heterocycles. The highest BCUT2D eigenvalue weighted by molar-refractivity contribution is 4.97. The summed E-state index contributed by atoms with van der Waals surface area (Å²) < 4.78 is 15.8. The van der Waals surface area contributed by atoms with Crippen molar-refractivity contribution in [3.63, 3.8) is 0 Å². The summed E-state index contributed by atoms with van der Waals surface area (Å²) in [6, 6.07) is 0. The van der Waals surface area contributed by atoms with Crippen molar-refractivity contribution in [1.29, 1.82) is 0 Å². The lowest BCUT2D eigenvalue weighted by Crippen LogP contribution is -2.23. The van der Waals surface area contributed by atoms with E-state index in [-0.39, 0.29) is 12.0 Å². The fraction of sp³-hybridized carbons (Fsp3) is 0.800. The summed E-state index contributed by atoms with van der Waals surface area (Å²) in [4.78, 5) is 4.21. The minimum atomic E-state index is -0.517. The Bertz CT molecular complexity index is 333. The molecule has 1 aliphatic rings. The molecule has 2 rings (SSSR count). The number of hydrogen-bond donors (Lipinski definition) is 1. The number of aliphatic hydroxyl groups is 1. The quantitative estimate of drug-likeness (QED) is 0.818. The molecule has 6 nitrogen and oxygen atoms in total. The van der Waals surface area contributed by atoms with Crippen molar-refractivity contribution in [1.82, 2.24) is 10.1 Å². The molecule has 2 heterocycles. The van der Waals surface area contributed by atoms with Gasteiger partial charge in [-0.1, -0.05) is 12.1 Å². The van der Waals surface area contributed by atoms with Crippen LogP contribution in [-0.4, -0.2) is 41.2 Å². The zero-order valence-corrected chi connectivity index (χ0v) is 9.42. The summed E-state index contributed by atoms with van der Waals surface area (Å²) in [7, 11) is 0. The lowest BCUT2D eigenvalue weighted by atomic mass is 10.1. The number of hydrogen-bond acceptors (Lipinski definition) is 6. The maximum atomic E-state index is 9.41. The molecule has 0 spiro atoms. The van der Waals surface area contributed by atoms with Crippen LogP contribution in [0.25, 0.3) is 0 Å². The second-order valence-electron chi connectivity index (χ2n) is 3.95. The van der Waals surface area contributed by atoms with Gasteiger partial charge in [0.05, 0.1) is 31.8 Å². The molecule has 1 fully saturated rings. The molecule has 0 radical (unpaired) electrons. The molecule has 6 heteroatoms. The third-order valence-electron chi connectivity index (χ3n) is 2.67. The summed E-state index contributed by atoms with van der Waals surface area (Å²) in [5.41, 5.74) is 0. The van der Waals surface area contributed by atoms with Crippen molar-refractivity contribution in [2.75, 3.05) is 19.8 Å². The van der Waals surface area contributed by atoms with Crippen molar-refractivity contribution in [2.24, 2.45) is 0 Å². The van der Waals surface area contributed by atoms with Gasteiger partial charge in [-0.15, -0.1) is 0 Å². The molecule has 0 aliphatic carbocycles. The average Bonchev–Trinajstić information content (AvgIpc) is 2.78. The second-order valence-corrected chi connectivity index (χ2v) is 3.95. The first-order chi connectivity index (χ1) is 7.68. The van der Waals surface area contributed by atoms with Gasteiger partial charge in [-0.05, 0) is 6.92 Å². The normalized spacial score (nSPS) is 25.3. The molecule has 90 valence electrons. The predicted octanol–water partition coefficient (Wildman–Crippen LogP) is 0.642. The Balaban J connectivity index is 2.06. The minimum Gasteiger partial charge on any atom is -0.393 e. The van der Waals surface area contributed by atoms with Gasteiger partial charge in [-0.3, -0.25) is 0 Å². The Morgan fingerprint density at radius 1 is 1.38 bits per heavy atom. The largest absolute Gasteiger partial charge is 0.393 e. The molecular weight excluding hydrogens is 212 g/mol. The van der Waals surface area contributed by atoms with Gasteiger partial charge < -0.3 is 19.1 Å². The topological polar surface area (TPSA) is 77.6 Å². The summed E-state index contributed by atoms with van der Waals surface area (Å²) in [6.07, 6.45) is -0.774. The van der Waals surface area contributed by atoms with Gasteiger partial charge in [0.1, 0.15) is 6.10 Å². The third-order valence-corrected chi connectivity index (χ3v) is 2.67. The van der Waals surface area contributed by atoms with E-state index in [0.717, 1.165) is 0 Å². The van der Waals surface area contributed by atoms with E-state index in [0.29, 0.717) is 31.5 Å². The van der Waals surface area contributed by atoms with E-state index in [1.165, 1.54) is 0 Å². The maximum absolute atomic E-state index is 9.41. The molecule has 0 amide bonds. The number of aliphatic hydroxyl groups excluding tert-OH is 1.